The van der Waals surface area contributed by atoms with Crippen LogP contribution in [0, 0.1) is 5.92 Å². The Labute approximate surface area is 246 Å². The lowest BCUT2D eigenvalue weighted by Gasteiger charge is -2.26. The zero-order valence-corrected chi connectivity index (χ0v) is 24.8. The minimum Gasteiger partial charge on any atom is -0.456 e. The minimum absolute atomic E-state index is 0.0157. The number of nitrogens with two attached hydrogens (primary N) is 2. The van der Waals surface area contributed by atoms with Crippen molar-refractivity contribution in [3.8, 4) is 0 Å². The summed E-state index contributed by atoms with van der Waals surface area (Å²) in [6.07, 6.45) is -3.11. The van der Waals surface area contributed by atoms with Gasteiger partial charge in [0.2, 0.25) is 5.91 Å². The number of alkyl halides is 3. The number of halogens is 3. The molecule has 0 heterocycles. The SMILES string of the molecule is CCCN(CCC)C(=O)c1cc(C(N)=O)cc(C(=O)O[C@H](CNCCC(C)C)[C@@H](N)Cc2cccc(C(F)(F)F)c2)c1. The van der Waals surface area contributed by atoms with E-state index in [0.717, 1.165) is 31.4 Å². The van der Waals surface area contributed by atoms with Crippen molar-refractivity contribution < 1.29 is 32.3 Å². The van der Waals surface area contributed by atoms with Gasteiger partial charge in [-0.15, -0.1) is 0 Å². The Morgan fingerprint density at radius 2 is 1.60 bits per heavy atom. The number of primary amides is 1. The third kappa shape index (κ3) is 10.8. The Morgan fingerprint density at radius 3 is 2.17 bits per heavy atom. The van der Waals surface area contributed by atoms with Crippen LogP contribution in [0.5, 0.6) is 0 Å². The van der Waals surface area contributed by atoms with Gasteiger partial charge in [-0.1, -0.05) is 45.9 Å². The number of hydrogen-bond acceptors (Lipinski definition) is 6. The predicted octanol–water partition coefficient (Wildman–Crippen LogP) is 4.80. The van der Waals surface area contributed by atoms with Crippen LogP contribution < -0.4 is 16.8 Å². The molecule has 0 spiro atoms. The second-order valence-electron chi connectivity index (χ2n) is 10.9. The highest BCUT2D eigenvalue weighted by Gasteiger charge is 2.31. The number of amides is 2. The van der Waals surface area contributed by atoms with E-state index >= 15 is 0 Å². The van der Waals surface area contributed by atoms with Crippen molar-refractivity contribution in [2.75, 3.05) is 26.2 Å². The van der Waals surface area contributed by atoms with E-state index in [2.05, 4.69) is 19.2 Å². The average Bonchev–Trinajstić information content (AvgIpc) is 2.93. The van der Waals surface area contributed by atoms with Gasteiger partial charge in [-0.05, 0) is 68.0 Å². The molecule has 2 rings (SSSR count). The molecule has 0 saturated heterocycles. The van der Waals surface area contributed by atoms with Gasteiger partial charge >= 0.3 is 12.1 Å². The van der Waals surface area contributed by atoms with Crippen molar-refractivity contribution in [2.45, 2.75) is 71.7 Å². The molecule has 0 aliphatic rings. The summed E-state index contributed by atoms with van der Waals surface area (Å²) in [4.78, 5) is 40.3. The van der Waals surface area contributed by atoms with Crippen molar-refractivity contribution in [3.05, 3.63) is 70.3 Å². The van der Waals surface area contributed by atoms with Gasteiger partial charge in [0, 0.05) is 36.8 Å². The van der Waals surface area contributed by atoms with Crippen LogP contribution in [0.1, 0.15) is 89.2 Å². The van der Waals surface area contributed by atoms with Crippen LogP contribution in [0.2, 0.25) is 0 Å². The van der Waals surface area contributed by atoms with E-state index in [-0.39, 0.29) is 35.6 Å². The van der Waals surface area contributed by atoms with E-state index in [9.17, 15) is 27.6 Å². The van der Waals surface area contributed by atoms with Crippen molar-refractivity contribution in [1.29, 1.82) is 0 Å². The number of hydrogen-bond donors (Lipinski definition) is 3. The Balaban J connectivity index is 2.35. The van der Waals surface area contributed by atoms with Gasteiger partial charge in [0.1, 0.15) is 6.10 Å². The summed E-state index contributed by atoms with van der Waals surface area (Å²) in [7, 11) is 0. The maximum Gasteiger partial charge on any atom is 0.416 e. The molecule has 0 saturated carbocycles. The highest BCUT2D eigenvalue weighted by atomic mass is 19.4. The molecule has 8 nitrogen and oxygen atoms in total. The summed E-state index contributed by atoms with van der Waals surface area (Å²) >= 11 is 0. The molecule has 5 N–H and O–H groups in total. The van der Waals surface area contributed by atoms with Crippen LogP contribution in [0.15, 0.2) is 42.5 Å². The van der Waals surface area contributed by atoms with Gasteiger partial charge in [0.15, 0.2) is 0 Å². The van der Waals surface area contributed by atoms with Crippen molar-refractivity contribution in [1.82, 2.24) is 10.2 Å². The normalized spacial score (nSPS) is 13.1. The molecule has 11 heteroatoms. The molecule has 2 aromatic carbocycles. The van der Waals surface area contributed by atoms with Crippen LogP contribution >= 0.6 is 0 Å². The Kier molecular flexibility index (Phi) is 13.5. The topological polar surface area (TPSA) is 128 Å². The largest absolute Gasteiger partial charge is 0.456 e. The third-order valence-corrected chi connectivity index (χ3v) is 6.68. The molecule has 0 aliphatic carbocycles. The Morgan fingerprint density at radius 1 is 0.976 bits per heavy atom. The zero-order valence-electron chi connectivity index (χ0n) is 24.8. The summed E-state index contributed by atoms with van der Waals surface area (Å²) < 4.78 is 45.5. The maximum absolute atomic E-state index is 13.4. The lowest BCUT2D eigenvalue weighted by molar-refractivity contribution is -0.137. The summed E-state index contributed by atoms with van der Waals surface area (Å²) in [5.74, 6) is -1.57. The molecule has 42 heavy (non-hydrogen) atoms. The molecule has 0 radical (unpaired) electrons. The highest BCUT2D eigenvalue weighted by molar-refractivity contribution is 6.03. The van der Waals surface area contributed by atoms with E-state index in [0.29, 0.717) is 31.1 Å². The van der Waals surface area contributed by atoms with Gasteiger partial charge in [0.25, 0.3) is 5.91 Å². The molecule has 2 amide bonds. The third-order valence-electron chi connectivity index (χ3n) is 6.68. The van der Waals surface area contributed by atoms with E-state index < -0.39 is 35.8 Å². The Bertz CT molecular complexity index is 1200. The Hall–Kier alpha value is -3.44. The predicted molar refractivity (Wildman–Crippen MR) is 156 cm³/mol. The van der Waals surface area contributed by atoms with Crippen LogP contribution in [-0.2, 0) is 17.3 Å². The highest BCUT2D eigenvalue weighted by Crippen LogP contribution is 2.30. The maximum atomic E-state index is 13.4. The smallest absolute Gasteiger partial charge is 0.416 e. The van der Waals surface area contributed by atoms with Crippen LogP contribution in [0.3, 0.4) is 0 Å². The second-order valence-corrected chi connectivity index (χ2v) is 10.9. The van der Waals surface area contributed by atoms with E-state index in [4.69, 9.17) is 16.2 Å². The molecule has 0 fully saturated rings. The van der Waals surface area contributed by atoms with E-state index in [1.807, 2.05) is 13.8 Å². The molecule has 0 bridgehead atoms. The zero-order chi connectivity index (χ0) is 31.4. The molecular formula is C31H43F3N4O4. The van der Waals surface area contributed by atoms with Crippen LogP contribution in [-0.4, -0.2) is 61.0 Å². The number of esters is 1. The summed E-state index contributed by atoms with van der Waals surface area (Å²) in [5.41, 5.74) is 11.5. The fourth-order valence-corrected chi connectivity index (χ4v) is 4.45. The summed E-state index contributed by atoms with van der Waals surface area (Å²) in [5, 5.41) is 3.21. The average molecular weight is 593 g/mol. The first-order valence-corrected chi connectivity index (χ1v) is 14.3. The summed E-state index contributed by atoms with van der Waals surface area (Å²) in [6, 6.07) is 7.96. The van der Waals surface area contributed by atoms with Gasteiger partial charge in [-0.3, -0.25) is 9.59 Å². The number of rotatable bonds is 16. The van der Waals surface area contributed by atoms with Crippen molar-refractivity contribution in [3.63, 3.8) is 0 Å². The first-order chi connectivity index (χ1) is 19.8. The van der Waals surface area contributed by atoms with Crippen molar-refractivity contribution >= 4 is 17.8 Å². The minimum atomic E-state index is -4.51. The second kappa shape index (κ2) is 16.3. The molecule has 2 atom stereocenters. The lowest BCUT2D eigenvalue weighted by Crippen LogP contribution is -2.46. The monoisotopic (exact) mass is 592 g/mol. The number of carbonyl (C=O) groups is 3. The lowest BCUT2D eigenvalue weighted by atomic mass is 9.99. The molecule has 2 aromatic rings. The molecular weight excluding hydrogens is 549 g/mol. The van der Waals surface area contributed by atoms with Crippen molar-refractivity contribution in [2.24, 2.45) is 17.4 Å². The molecule has 0 aliphatic heterocycles. The molecule has 0 unspecified atom stereocenters. The van der Waals surface area contributed by atoms with Gasteiger partial charge in [-0.25, -0.2) is 4.79 Å². The van der Waals surface area contributed by atoms with Gasteiger partial charge in [0.05, 0.1) is 11.1 Å². The van der Waals surface area contributed by atoms with Gasteiger partial charge in [-0.2, -0.15) is 13.2 Å². The fourth-order valence-electron chi connectivity index (χ4n) is 4.45. The van der Waals surface area contributed by atoms with E-state index in [1.54, 1.807) is 4.90 Å². The number of carbonyl (C=O) groups excluding carboxylic acids is 3. The first-order valence-electron chi connectivity index (χ1n) is 14.3. The molecule has 0 aromatic heterocycles. The fraction of sp³-hybridized carbons (Fsp3) is 0.516. The molecule has 232 valence electrons. The number of benzene rings is 2. The quantitative estimate of drug-likeness (QED) is 0.190. The van der Waals surface area contributed by atoms with Crippen LogP contribution in [0.25, 0.3) is 0 Å². The number of nitrogens with one attached hydrogen (secondary N) is 1. The van der Waals surface area contributed by atoms with Gasteiger partial charge < -0.3 is 26.4 Å². The van der Waals surface area contributed by atoms with Crippen LogP contribution in [0.4, 0.5) is 13.2 Å². The summed E-state index contributed by atoms with van der Waals surface area (Å²) in [6.45, 7) is 9.77. The number of nitrogens with zero attached hydrogens (tertiary/aromatic N) is 1. The number of ether oxygens (including phenoxy) is 1. The standard InChI is InChI=1S/C31H43F3N4O4/c1-5-12-38(13-6-2)29(40)23-16-22(28(36)39)17-24(18-23)30(41)42-27(19-37-11-10-20(3)4)26(35)15-21-8-7-9-25(14-21)31(32,33)34/h7-9,14,16-18,20,26-27,37H,5-6,10-13,15,19,35H2,1-4H3,(H2,36,39)/t26-,27+/m0/s1. The van der Waals surface area contributed by atoms with E-state index in [1.165, 1.54) is 30.3 Å². The first kappa shape index (κ1) is 34.8.